The largest absolute Gasteiger partial charge is 0.494 e. The second-order valence-electron chi connectivity index (χ2n) is 21.7. The van der Waals surface area contributed by atoms with Gasteiger partial charge in [0.2, 0.25) is 0 Å². The normalized spacial score (nSPS) is 16.7. The van der Waals surface area contributed by atoms with Crippen LogP contribution in [0.1, 0.15) is 55.4 Å². The smallest absolute Gasteiger partial charge is 0.399 e. The molecule has 0 saturated carbocycles. The standard InChI is InChI=1S/C66H59B2NO4/c1-63(2)64(3,4)71-67(70-63)50-36-40-55-53(42-50)54-43-51(68-72-65(5,6)66(7,8)73-68)37-41-56(54)69(55)52-38-34-49(35-39-52)62-60(47-30-20-12-21-31-47)58(45-26-16-10-17-27-45)57(44-24-14-9-15-25-44)59(46-28-18-11-19-29-46)61(62)48-32-22-13-23-33-48/h9-43H,1-8H3. The van der Waals surface area contributed by atoms with Gasteiger partial charge in [-0.05, 0) is 157 Å². The van der Waals surface area contributed by atoms with E-state index in [1.165, 1.54) is 33.4 Å². The van der Waals surface area contributed by atoms with E-state index in [1.807, 2.05) is 0 Å². The van der Waals surface area contributed by atoms with Crippen molar-refractivity contribution in [2.24, 2.45) is 0 Å². The molecule has 0 N–H and O–H groups in total. The van der Waals surface area contributed by atoms with E-state index in [4.69, 9.17) is 18.6 Å². The van der Waals surface area contributed by atoms with E-state index < -0.39 is 36.6 Å². The van der Waals surface area contributed by atoms with Gasteiger partial charge in [-0.3, -0.25) is 0 Å². The van der Waals surface area contributed by atoms with Crippen molar-refractivity contribution < 1.29 is 18.6 Å². The van der Waals surface area contributed by atoms with Gasteiger partial charge in [0, 0.05) is 16.5 Å². The topological polar surface area (TPSA) is 41.9 Å². The van der Waals surface area contributed by atoms with Crippen molar-refractivity contribution >= 4 is 47.0 Å². The van der Waals surface area contributed by atoms with Crippen molar-refractivity contribution in [1.82, 2.24) is 4.57 Å². The van der Waals surface area contributed by atoms with Crippen LogP contribution >= 0.6 is 0 Å². The third kappa shape index (κ3) is 7.98. The van der Waals surface area contributed by atoms with Gasteiger partial charge in [0.05, 0.1) is 33.4 Å². The van der Waals surface area contributed by atoms with Crippen molar-refractivity contribution in [3.63, 3.8) is 0 Å². The van der Waals surface area contributed by atoms with Gasteiger partial charge in [-0.25, -0.2) is 0 Å². The predicted octanol–water partition coefficient (Wildman–Crippen LogP) is 15.4. The minimum absolute atomic E-state index is 0.474. The monoisotopic (exact) mass is 951 g/mol. The summed E-state index contributed by atoms with van der Waals surface area (Å²) in [5.41, 5.74) is 17.2. The summed E-state index contributed by atoms with van der Waals surface area (Å²) in [4.78, 5) is 0. The van der Waals surface area contributed by atoms with Crippen molar-refractivity contribution in [1.29, 1.82) is 0 Å². The Morgan fingerprint density at radius 2 is 0.534 bits per heavy atom. The zero-order chi connectivity index (χ0) is 50.3. The molecule has 3 heterocycles. The van der Waals surface area contributed by atoms with Gasteiger partial charge >= 0.3 is 14.2 Å². The lowest BCUT2D eigenvalue weighted by atomic mass is 9.74. The van der Waals surface area contributed by atoms with Gasteiger partial charge in [0.25, 0.3) is 0 Å². The predicted molar refractivity (Wildman–Crippen MR) is 305 cm³/mol. The number of hydrogen-bond donors (Lipinski definition) is 0. The van der Waals surface area contributed by atoms with E-state index in [-0.39, 0.29) is 0 Å². The summed E-state index contributed by atoms with van der Waals surface area (Å²) in [6.45, 7) is 16.8. The van der Waals surface area contributed by atoms with Crippen LogP contribution in [0.2, 0.25) is 0 Å². The van der Waals surface area contributed by atoms with E-state index in [1.54, 1.807) is 0 Å². The molecule has 2 aliphatic rings. The number of nitrogens with zero attached hydrogens (tertiary/aromatic N) is 1. The molecule has 358 valence electrons. The van der Waals surface area contributed by atoms with Gasteiger partial charge in [0.1, 0.15) is 0 Å². The summed E-state index contributed by atoms with van der Waals surface area (Å²) >= 11 is 0. The molecule has 0 amide bonds. The first-order chi connectivity index (χ1) is 35.2. The van der Waals surface area contributed by atoms with Gasteiger partial charge < -0.3 is 23.2 Å². The lowest BCUT2D eigenvalue weighted by Gasteiger charge is -2.32. The molecule has 7 heteroatoms. The molecule has 0 unspecified atom stereocenters. The van der Waals surface area contributed by atoms with Crippen LogP contribution < -0.4 is 10.9 Å². The maximum Gasteiger partial charge on any atom is 0.494 e. The molecule has 5 nitrogen and oxygen atoms in total. The highest BCUT2D eigenvalue weighted by Crippen LogP contribution is 2.56. The molecule has 0 aliphatic carbocycles. The summed E-state index contributed by atoms with van der Waals surface area (Å²) in [7, 11) is -1.02. The van der Waals surface area contributed by atoms with E-state index >= 15 is 0 Å². The first-order valence-electron chi connectivity index (χ1n) is 25.6. The highest BCUT2D eigenvalue weighted by Gasteiger charge is 2.53. The van der Waals surface area contributed by atoms with Crippen LogP contribution in [0.15, 0.2) is 212 Å². The molecule has 1 aromatic heterocycles. The average Bonchev–Trinajstić information content (AvgIpc) is 3.95. The molecule has 2 saturated heterocycles. The van der Waals surface area contributed by atoms with E-state index in [9.17, 15) is 0 Å². The third-order valence-electron chi connectivity index (χ3n) is 16.1. The minimum atomic E-state index is -0.509. The Labute approximate surface area is 430 Å². The quantitative estimate of drug-likeness (QED) is 0.135. The summed E-state index contributed by atoms with van der Waals surface area (Å²) in [5.74, 6) is 0. The number of hydrogen-bond acceptors (Lipinski definition) is 4. The molecule has 9 aromatic carbocycles. The highest BCUT2D eigenvalue weighted by atomic mass is 16.7. The summed E-state index contributed by atoms with van der Waals surface area (Å²) in [6, 6.07) is 77.2. The first kappa shape index (κ1) is 46.8. The molecular formula is C66H59B2NO4. The van der Waals surface area contributed by atoms with Crippen LogP contribution in [-0.2, 0) is 18.6 Å². The molecule has 73 heavy (non-hydrogen) atoms. The van der Waals surface area contributed by atoms with Gasteiger partial charge in [-0.1, -0.05) is 188 Å². The summed E-state index contributed by atoms with van der Waals surface area (Å²) < 4.78 is 28.9. The van der Waals surface area contributed by atoms with Gasteiger partial charge in [-0.15, -0.1) is 0 Å². The zero-order valence-corrected chi connectivity index (χ0v) is 42.9. The maximum atomic E-state index is 6.63. The van der Waals surface area contributed by atoms with Crippen molar-refractivity contribution in [3.05, 3.63) is 212 Å². The number of rotatable bonds is 9. The fourth-order valence-electron chi connectivity index (χ4n) is 10.9. The van der Waals surface area contributed by atoms with Gasteiger partial charge in [0.15, 0.2) is 0 Å². The van der Waals surface area contributed by atoms with E-state index in [2.05, 4.69) is 272 Å². The second kappa shape index (κ2) is 17.8. The van der Waals surface area contributed by atoms with Crippen LogP contribution in [0.5, 0.6) is 0 Å². The number of fused-ring (bicyclic) bond motifs is 3. The summed E-state index contributed by atoms with van der Waals surface area (Å²) in [5, 5.41) is 2.19. The van der Waals surface area contributed by atoms with Crippen LogP contribution in [0.4, 0.5) is 0 Å². The minimum Gasteiger partial charge on any atom is -0.399 e. The van der Waals surface area contributed by atoms with Crippen molar-refractivity contribution in [2.45, 2.75) is 77.8 Å². The third-order valence-corrected chi connectivity index (χ3v) is 16.1. The lowest BCUT2D eigenvalue weighted by Crippen LogP contribution is -2.41. The lowest BCUT2D eigenvalue weighted by molar-refractivity contribution is 0.00578. The average molecular weight is 952 g/mol. The SMILES string of the molecule is CC1(C)OB(c2ccc3c(c2)c2cc(B4OC(C)(C)C(C)(C)O4)ccc2n3-c2ccc(-c3c(-c4ccccc4)c(-c4ccccc4)c(-c4ccccc4)c(-c4ccccc4)c3-c3ccccc3)cc2)OC1(C)C. The van der Waals surface area contributed by atoms with Crippen LogP contribution in [0.25, 0.3) is 94.3 Å². The molecule has 0 bridgehead atoms. The molecule has 0 atom stereocenters. The molecular weight excluding hydrogens is 892 g/mol. The maximum absolute atomic E-state index is 6.63. The molecule has 0 radical (unpaired) electrons. The Morgan fingerprint density at radius 1 is 0.288 bits per heavy atom. The first-order valence-corrected chi connectivity index (χ1v) is 25.6. The Hall–Kier alpha value is -7.25. The number of benzene rings is 9. The van der Waals surface area contributed by atoms with Crippen molar-refractivity contribution in [3.8, 4) is 72.4 Å². The Bertz CT molecular complexity index is 3440. The Morgan fingerprint density at radius 3 is 0.795 bits per heavy atom. The van der Waals surface area contributed by atoms with E-state index in [0.717, 1.165) is 71.8 Å². The Balaban J connectivity index is 1.12. The molecule has 2 fully saturated rings. The summed E-state index contributed by atoms with van der Waals surface area (Å²) in [6.07, 6.45) is 0. The molecule has 0 spiro atoms. The molecule has 12 rings (SSSR count). The van der Waals surface area contributed by atoms with Gasteiger partial charge in [-0.2, -0.15) is 0 Å². The zero-order valence-electron chi connectivity index (χ0n) is 42.9. The van der Waals surface area contributed by atoms with Crippen LogP contribution in [0, 0.1) is 0 Å². The van der Waals surface area contributed by atoms with Crippen LogP contribution in [-0.4, -0.2) is 41.2 Å². The van der Waals surface area contributed by atoms with E-state index in [0.29, 0.717) is 0 Å². The Kier molecular flexibility index (Phi) is 11.4. The second-order valence-corrected chi connectivity index (χ2v) is 21.7. The molecule has 2 aliphatic heterocycles. The number of aromatic nitrogens is 1. The fourth-order valence-corrected chi connectivity index (χ4v) is 10.9. The highest BCUT2D eigenvalue weighted by molar-refractivity contribution is 6.63. The fraction of sp³-hybridized carbons (Fsp3) is 0.182. The van der Waals surface area contributed by atoms with Crippen LogP contribution in [0.3, 0.4) is 0 Å². The van der Waals surface area contributed by atoms with Crippen molar-refractivity contribution in [2.75, 3.05) is 0 Å². The molecule has 10 aromatic rings.